The van der Waals surface area contributed by atoms with E-state index < -0.39 is 0 Å². The molecule has 1 aliphatic rings. The van der Waals surface area contributed by atoms with Crippen LogP contribution in [0, 0.1) is 6.92 Å². The van der Waals surface area contributed by atoms with E-state index in [0.717, 1.165) is 31.0 Å². The van der Waals surface area contributed by atoms with Gasteiger partial charge in [0.2, 0.25) is 0 Å². The zero-order valence-electron chi connectivity index (χ0n) is 10.7. The van der Waals surface area contributed by atoms with Crippen LogP contribution in [0.4, 0.5) is 0 Å². The first-order valence-electron chi connectivity index (χ1n) is 6.28. The number of hydrogen-bond acceptors (Lipinski definition) is 3. The summed E-state index contributed by atoms with van der Waals surface area (Å²) in [4.78, 5) is 3.31. The molecule has 0 aliphatic carbocycles. The molecule has 0 saturated carbocycles. The van der Waals surface area contributed by atoms with E-state index in [2.05, 4.69) is 23.3 Å². The summed E-state index contributed by atoms with van der Waals surface area (Å²) >= 11 is 0. The number of fused-ring (bicyclic) bond motifs is 1. The van der Waals surface area contributed by atoms with Crippen molar-refractivity contribution >= 4 is 10.9 Å². The van der Waals surface area contributed by atoms with Crippen LogP contribution in [0.15, 0.2) is 18.3 Å². The number of aromatic nitrogens is 1. The van der Waals surface area contributed by atoms with Gasteiger partial charge in [-0.3, -0.25) is 0 Å². The van der Waals surface area contributed by atoms with Crippen LogP contribution < -0.4 is 10.1 Å². The Kier molecular flexibility index (Phi) is 2.97. The minimum absolute atomic E-state index is 0.123. The summed E-state index contributed by atoms with van der Waals surface area (Å²) < 4.78 is 11.2. The Labute approximate surface area is 106 Å². The number of nitrogens with one attached hydrogen (secondary N) is 2. The normalized spacial score (nSPS) is 20.2. The molecule has 4 nitrogen and oxygen atoms in total. The van der Waals surface area contributed by atoms with Crippen LogP contribution in [0.3, 0.4) is 0 Å². The molecular weight excluding hydrogens is 228 g/mol. The van der Waals surface area contributed by atoms with E-state index in [1.54, 1.807) is 7.11 Å². The van der Waals surface area contributed by atoms with Gasteiger partial charge in [-0.15, -0.1) is 0 Å². The molecule has 1 aromatic carbocycles. The van der Waals surface area contributed by atoms with Crippen LogP contribution in [0.25, 0.3) is 10.9 Å². The fraction of sp³-hybridized carbons (Fsp3) is 0.429. The Morgan fingerprint density at radius 2 is 2.28 bits per heavy atom. The Balaban J connectivity index is 2.12. The van der Waals surface area contributed by atoms with Crippen molar-refractivity contribution in [1.29, 1.82) is 0 Å². The molecule has 4 heteroatoms. The lowest BCUT2D eigenvalue weighted by molar-refractivity contribution is 0.0286. The Hall–Kier alpha value is -1.52. The molecule has 1 atom stereocenters. The largest absolute Gasteiger partial charge is 0.495 e. The van der Waals surface area contributed by atoms with Crippen molar-refractivity contribution in [3.63, 3.8) is 0 Å². The molecule has 0 spiro atoms. The van der Waals surface area contributed by atoms with Crippen molar-refractivity contribution in [3.8, 4) is 5.75 Å². The predicted molar refractivity (Wildman–Crippen MR) is 71.2 cm³/mol. The van der Waals surface area contributed by atoms with Gasteiger partial charge in [-0.2, -0.15) is 0 Å². The summed E-state index contributed by atoms with van der Waals surface area (Å²) in [6.45, 7) is 4.68. The maximum absolute atomic E-state index is 5.84. The quantitative estimate of drug-likeness (QED) is 0.853. The molecule has 2 N–H and O–H groups in total. The third-order valence-corrected chi connectivity index (χ3v) is 3.53. The molecule has 0 radical (unpaired) electrons. The highest BCUT2D eigenvalue weighted by atomic mass is 16.5. The number of hydrogen-bond donors (Lipinski definition) is 2. The Morgan fingerprint density at radius 3 is 3.00 bits per heavy atom. The molecular formula is C14H18N2O2. The zero-order valence-corrected chi connectivity index (χ0v) is 10.7. The van der Waals surface area contributed by atoms with Crippen molar-refractivity contribution < 1.29 is 9.47 Å². The van der Waals surface area contributed by atoms with Gasteiger partial charge in [-0.1, -0.05) is 6.07 Å². The second-order valence-corrected chi connectivity index (χ2v) is 4.64. The summed E-state index contributed by atoms with van der Waals surface area (Å²) in [6, 6.07) is 4.09. The average molecular weight is 246 g/mol. The van der Waals surface area contributed by atoms with Crippen LogP contribution in [0.5, 0.6) is 5.75 Å². The number of aromatic amines is 1. The number of H-pyrrole nitrogens is 1. The standard InChI is InChI=1S/C14H18N2O2/c1-9-3-4-11(17-2)14-13(9)10(7-16-14)12-8-15-5-6-18-12/h3-4,7,12,15-16H,5-6,8H2,1-2H3. The summed E-state index contributed by atoms with van der Waals surface area (Å²) in [6.07, 6.45) is 2.16. The molecule has 1 unspecified atom stereocenters. The lowest BCUT2D eigenvalue weighted by atomic mass is 10.0. The van der Waals surface area contributed by atoms with Crippen LogP contribution in [0.1, 0.15) is 17.2 Å². The molecule has 0 bridgehead atoms. The maximum atomic E-state index is 5.84. The number of rotatable bonds is 2. The van der Waals surface area contributed by atoms with Gasteiger partial charge in [-0.05, 0) is 18.6 Å². The number of aryl methyl sites for hydroxylation is 1. The predicted octanol–water partition coefficient (Wildman–Crippen LogP) is 2.15. The molecule has 1 aromatic heterocycles. The summed E-state index contributed by atoms with van der Waals surface area (Å²) in [5, 5.41) is 4.59. The summed E-state index contributed by atoms with van der Waals surface area (Å²) in [7, 11) is 1.70. The van der Waals surface area contributed by atoms with Crippen molar-refractivity contribution in [2.45, 2.75) is 13.0 Å². The molecule has 96 valence electrons. The Bertz CT molecular complexity index is 556. The van der Waals surface area contributed by atoms with Gasteiger partial charge in [-0.25, -0.2) is 0 Å². The van der Waals surface area contributed by atoms with Gasteiger partial charge in [0.15, 0.2) is 0 Å². The van der Waals surface area contributed by atoms with Gasteiger partial charge < -0.3 is 19.8 Å². The summed E-state index contributed by atoms with van der Waals surface area (Å²) in [5.74, 6) is 0.880. The number of benzene rings is 1. The van der Waals surface area contributed by atoms with Crippen LogP contribution >= 0.6 is 0 Å². The minimum atomic E-state index is 0.123. The van der Waals surface area contributed by atoms with Gasteiger partial charge >= 0.3 is 0 Å². The highest BCUT2D eigenvalue weighted by Gasteiger charge is 2.21. The van der Waals surface area contributed by atoms with E-state index in [1.165, 1.54) is 16.5 Å². The van der Waals surface area contributed by atoms with Gasteiger partial charge in [0.1, 0.15) is 5.75 Å². The smallest absolute Gasteiger partial charge is 0.142 e. The molecule has 3 rings (SSSR count). The van der Waals surface area contributed by atoms with E-state index in [1.807, 2.05) is 12.3 Å². The lowest BCUT2D eigenvalue weighted by Crippen LogP contribution is -2.33. The van der Waals surface area contributed by atoms with Gasteiger partial charge in [0.25, 0.3) is 0 Å². The second-order valence-electron chi connectivity index (χ2n) is 4.64. The van der Waals surface area contributed by atoms with E-state index in [-0.39, 0.29) is 6.10 Å². The number of morpholine rings is 1. The van der Waals surface area contributed by atoms with Crippen molar-refractivity contribution in [3.05, 3.63) is 29.5 Å². The molecule has 2 aromatic rings. The molecule has 1 fully saturated rings. The van der Waals surface area contributed by atoms with Crippen molar-refractivity contribution in [1.82, 2.24) is 10.3 Å². The van der Waals surface area contributed by atoms with E-state index in [9.17, 15) is 0 Å². The summed E-state index contributed by atoms with van der Waals surface area (Å²) in [5.41, 5.74) is 3.52. The topological polar surface area (TPSA) is 46.3 Å². The first-order valence-corrected chi connectivity index (χ1v) is 6.28. The monoisotopic (exact) mass is 246 g/mol. The molecule has 1 saturated heterocycles. The van der Waals surface area contributed by atoms with Gasteiger partial charge in [0, 0.05) is 30.2 Å². The molecule has 1 aliphatic heterocycles. The molecule has 18 heavy (non-hydrogen) atoms. The van der Waals surface area contributed by atoms with E-state index in [0.29, 0.717) is 0 Å². The first-order chi connectivity index (χ1) is 8.81. The highest BCUT2D eigenvalue weighted by molar-refractivity contribution is 5.91. The van der Waals surface area contributed by atoms with E-state index >= 15 is 0 Å². The lowest BCUT2D eigenvalue weighted by Gasteiger charge is -2.23. The van der Waals surface area contributed by atoms with Crippen molar-refractivity contribution in [2.24, 2.45) is 0 Å². The number of ether oxygens (including phenoxy) is 2. The maximum Gasteiger partial charge on any atom is 0.142 e. The van der Waals surface area contributed by atoms with Crippen LogP contribution in [-0.4, -0.2) is 31.8 Å². The zero-order chi connectivity index (χ0) is 12.5. The molecule has 2 heterocycles. The Morgan fingerprint density at radius 1 is 1.39 bits per heavy atom. The van der Waals surface area contributed by atoms with E-state index in [4.69, 9.17) is 9.47 Å². The van der Waals surface area contributed by atoms with Crippen LogP contribution in [0.2, 0.25) is 0 Å². The third kappa shape index (κ3) is 1.78. The fourth-order valence-corrected chi connectivity index (χ4v) is 2.61. The SMILES string of the molecule is COc1ccc(C)c2c(C3CNCCO3)c[nH]c12. The molecule has 0 amide bonds. The minimum Gasteiger partial charge on any atom is -0.495 e. The highest BCUT2D eigenvalue weighted by Crippen LogP contribution is 2.34. The average Bonchev–Trinajstić information content (AvgIpc) is 2.86. The van der Waals surface area contributed by atoms with Gasteiger partial charge in [0.05, 0.1) is 25.3 Å². The second kappa shape index (κ2) is 4.63. The van der Waals surface area contributed by atoms with Crippen LogP contribution in [-0.2, 0) is 4.74 Å². The number of methoxy groups -OCH3 is 1. The fourth-order valence-electron chi connectivity index (χ4n) is 2.61. The third-order valence-electron chi connectivity index (χ3n) is 3.53. The van der Waals surface area contributed by atoms with Crippen molar-refractivity contribution in [2.75, 3.05) is 26.8 Å². The first kappa shape index (κ1) is 11.6.